The van der Waals surface area contributed by atoms with Crippen molar-refractivity contribution in [3.8, 4) is 0 Å². The largest absolute Gasteiger partial charge is 0.394 e. The normalized spacial score (nSPS) is 44.1. The van der Waals surface area contributed by atoms with Crippen LogP contribution in [0.1, 0.15) is 48.5 Å². The smallest absolute Gasteiger partial charge is 0.217 e. The highest BCUT2D eigenvalue weighted by atomic mass is 16.8. The minimum Gasteiger partial charge on any atom is -0.394 e. The predicted molar refractivity (Wildman–Crippen MR) is 313 cm³/mol. The molecule has 0 saturated carbocycles. The fourth-order valence-electron chi connectivity index (χ4n) is 12.9. The highest BCUT2D eigenvalue weighted by Gasteiger charge is 2.60. The van der Waals surface area contributed by atoms with Crippen molar-refractivity contribution in [2.45, 2.75) is 263 Å². The van der Waals surface area contributed by atoms with Crippen molar-refractivity contribution >= 4 is 41.4 Å². The second-order valence-electron chi connectivity index (χ2n) is 24.7. The fourth-order valence-corrected chi connectivity index (χ4v) is 12.9. The van der Waals surface area contributed by atoms with Gasteiger partial charge in [-0.05, 0) is 0 Å². The van der Waals surface area contributed by atoms with E-state index in [-0.39, 0.29) is 0 Å². The first kappa shape index (κ1) is 81.4. The minimum absolute atomic E-state index is 0.718. The number of amides is 7. The van der Waals surface area contributed by atoms with Gasteiger partial charge < -0.3 is 181 Å². The lowest BCUT2D eigenvalue weighted by Gasteiger charge is -2.52. The number of aliphatic hydroxyl groups excluding tert-OH is 16. The Morgan fingerprint density at radius 1 is 0.242 bits per heavy atom. The number of aliphatic hydroxyl groups is 16. The standard InChI is InChI=1S/C56H93N7O36/c1-15(71)57-29-38(80)44(23(9-65)87-50(29)86)94-52-31(59-17(3)73)40(82)46(25(11-67)89-52)96-54-33(61-19(5)75)42(84)48(27(13-69)91-54)98-56-35(63-21(7)77)43(85)49(28(14-70)93-56)99-55-34(62-20(6)76)41(83)47(26(12-68)92-55)97-53-32(60-18(4)74)39(81)45(24(10-66)90-53)95-51-30(58-16(2)72)37(79)36(78)22(8-64)88-51/h22-56,64-70,78-86H,8-14H2,1-7H3,(H,57,71)(H,58,72)(H,59,73)(H,60,74)(H,61,75)(H,62,76)(H,63,77)/t22-,23+,24-,25+,26-,27+,28-,29+,30-,31+,32-,33+,34-,35-,36?,37+,38-,39+,40-,41+,42-,43+,44?,45?,46?,47?,48?,49?,50?,51?,52?,53?,54?,55?,56?/m1/s1. The molecule has 0 aromatic heterocycles. The van der Waals surface area contributed by atoms with Crippen LogP contribution < -0.4 is 37.2 Å². The molecule has 0 bridgehead atoms. The van der Waals surface area contributed by atoms with Crippen molar-refractivity contribution in [2.75, 3.05) is 46.2 Å². The molecule has 7 aliphatic rings. The molecule has 23 N–H and O–H groups in total. The molecule has 7 saturated heterocycles. The zero-order chi connectivity index (χ0) is 73.3. The van der Waals surface area contributed by atoms with E-state index in [1.807, 2.05) is 0 Å². The number of carbonyl (C=O) groups is 7. The fraction of sp³-hybridized carbons (Fsp3) is 0.875. The Labute approximate surface area is 563 Å². The summed E-state index contributed by atoms with van der Waals surface area (Å²) < 4.78 is 77.9. The lowest BCUT2D eigenvalue weighted by Crippen LogP contribution is -2.72. The van der Waals surface area contributed by atoms with Gasteiger partial charge in [0.2, 0.25) is 41.4 Å². The summed E-state index contributed by atoms with van der Waals surface area (Å²) in [6.07, 6.45) is -52.0. The maximum absolute atomic E-state index is 13.0. The number of rotatable bonds is 26. The van der Waals surface area contributed by atoms with Gasteiger partial charge in [-0.1, -0.05) is 0 Å². The summed E-state index contributed by atoms with van der Waals surface area (Å²) >= 11 is 0. The molecule has 0 aromatic rings. The molecule has 7 heterocycles. The number of hydrogen-bond donors (Lipinski definition) is 23. The molecule has 43 heteroatoms. The van der Waals surface area contributed by atoms with Crippen LogP contribution in [0, 0.1) is 0 Å². The average Bonchev–Trinajstić information content (AvgIpc) is 0.770. The van der Waals surface area contributed by atoms with Crippen LogP contribution in [0.15, 0.2) is 0 Å². The van der Waals surface area contributed by atoms with Crippen molar-refractivity contribution in [2.24, 2.45) is 0 Å². The third-order valence-electron chi connectivity index (χ3n) is 17.4. The molecular formula is C56H93N7O36. The second-order valence-corrected chi connectivity index (χ2v) is 24.7. The van der Waals surface area contributed by atoms with Crippen molar-refractivity contribution in [3.63, 3.8) is 0 Å². The summed E-state index contributed by atoms with van der Waals surface area (Å²) in [5.74, 6) is -5.75. The van der Waals surface area contributed by atoms with E-state index in [0.29, 0.717) is 0 Å². The summed E-state index contributed by atoms with van der Waals surface area (Å²) in [5.41, 5.74) is 0. The van der Waals surface area contributed by atoms with E-state index in [1.54, 1.807) is 0 Å². The topological polar surface area (TPSA) is 647 Å². The average molecular weight is 1440 g/mol. The SMILES string of the molecule is CC(=O)N[C@@H]1C(O)O[C@@H](CO)C(OC2O[C@@H](CO)C(OC3O[C@@H](CO)C(OC4O[C@H](CO)C(OC5O[C@H](CO)C(OC6O[C@H](CO)C(OC7O[C@H](CO)C(O)[C@@H](O)[C@H]7NC(C)=O)[C@@H](O)[C@H]6NC(C)=O)[C@@H](O)[C@H]5NC(C)=O)[C@@H](O)[C@H]4NC(C)=O)[C@H](O)[C@@H]3NC(C)=O)[C@H](O)[C@@H]2NC(C)=O)[C@@H]1O. The van der Waals surface area contributed by atoms with Gasteiger partial charge in [-0.2, -0.15) is 0 Å². The van der Waals surface area contributed by atoms with Crippen LogP contribution in [0.3, 0.4) is 0 Å². The van der Waals surface area contributed by atoms with E-state index in [9.17, 15) is 115 Å². The molecule has 0 aliphatic carbocycles. The molecule has 0 spiro atoms. The number of hydrogen-bond acceptors (Lipinski definition) is 36. The predicted octanol–water partition coefficient (Wildman–Crippen LogP) is -15.3. The van der Waals surface area contributed by atoms with Crippen LogP contribution in [0.25, 0.3) is 0 Å². The van der Waals surface area contributed by atoms with Crippen molar-refractivity contribution in [1.29, 1.82) is 0 Å². The molecule has 14 unspecified atom stereocenters. The molecule has 7 rings (SSSR count). The van der Waals surface area contributed by atoms with Crippen LogP contribution in [-0.2, 0) is 95.1 Å². The first-order valence-corrected chi connectivity index (χ1v) is 31.6. The molecule has 7 amide bonds. The van der Waals surface area contributed by atoms with E-state index in [0.717, 1.165) is 48.5 Å². The Morgan fingerprint density at radius 2 is 0.404 bits per heavy atom. The minimum atomic E-state index is -2.13. The molecule has 43 nitrogen and oxygen atoms in total. The van der Waals surface area contributed by atoms with Gasteiger partial charge in [0.1, 0.15) is 170 Å². The third-order valence-corrected chi connectivity index (χ3v) is 17.4. The summed E-state index contributed by atoms with van der Waals surface area (Å²) in [6.45, 7) is 0.0849. The zero-order valence-corrected chi connectivity index (χ0v) is 54.5. The highest BCUT2D eigenvalue weighted by Crippen LogP contribution is 2.38. The maximum atomic E-state index is 13.0. The van der Waals surface area contributed by atoms with E-state index >= 15 is 0 Å². The number of carbonyl (C=O) groups excluding carboxylic acids is 7. The molecular weight excluding hydrogens is 1350 g/mol. The van der Waals surface area contributed by atoms with Gasteiger partial charge in [-0.25, -0.2) is 0 Å². The van der Waals surface area contributed by atoms with E-state index in [4.69, 9.17) is 61.6 Å². The second kappa shape index (κ2) is 36.0. The van der Waals surface area contributed by atoms with Gasteiger partial charge in [0.15, 0.2) is 44.0 Å². The first-order valence-electron chi connectivity index (χ1n) is 31.6. The van der Waals surface area contributed by atoms with Gasteiger partial charge >= 0.3 is 0 Å². The Kier molecular flexibility index (Phi) is 29.6. The molecule has 7 fully saturated rings. The lowest BCUT2D eigenvalue weighted by atomic mass is 9.92. The Bertz CT molecular complexity index is 2690. The quantitative estimate of drug-likeness (QED) is 0.0382. The van der Waals surface area contributed by atoms with Gasteiger partial charge in [0.25, 0.3) is 0 Å². The van der Waals surface area contributed by atoms with Gasteiger partial charge in [-0.3, -0.25) is 33.6 Å². The molecule has 568 valence electrons. The molecule has 99 heavy (non-hydrogen) atoms. The van der Waals surface area contributed by atoms with E-state index < -0.39 is 302 Å². The van der Waals surface area contributed by atoms with Gasteiger partial charge in [0, 0.05) is 48.5 Å². The van der Waals surface area contributed by atoms with E-state index in [1.165, 1.54) is 0 Å². The van der Waals surface area contributed by atoms with Gasteiger partial charge in [-0.15, -0.1) is 0 Å². The Morgan fingerprint density at radius 3 is 0.596 bits per heavy atom. The number of ether oxygens (including phenoxy) is 13. The molecule has 35 atom stereocenters. The summed E-state index contributed by atoms with van der Waals surface area (Å²) in [7, 11) is 0. The van der Waals surface area contributed by atoms with Crippen LogP contribution in [-0.4, -0.2) is 384 Å². The van der Waals surface area contributed by atoms with Crippen molar-refractivity contribution < 1.29 is 177 Å². The van der Waals surface area contributed by atoms with Crippen LogP contribution in [0.4, 0.5) is 0 Å². The summed E-state index contributed by atoms with van der Waals surface area (Å²) in [6, 6.07) is -12.1. The molecule has 7 aliphatic heterocycles. The van der Waals surface area contributed by atoms with Crippen LogP contribution >= 0.6 is 0 Å². The third kappa shape index (κ3) is 19.1. The molecule has 0 aromatic carbocycles. The first-order chi connectivity index (χ1) is 46.7. The number of nitrogens with one attached hydrogen (secondary N) is 7. The summed E-state index contributed by atoms with van der Waals surface area (Å²) in [4.78, 5) is 88.3. The van der Waals surface area contributed by atoms with Gasteiger partial charge in [0.05, 0.1) is 46.2 Å². The lowest BCUT2D eigenvalue weighted by molar-refractivity contribution is -0.372. The van der Waals surface area contributed by atoms with Crippen molar-refractivity contribution in [1.82, 2.24) is 37.2 Å². The molecule has 0 radical (unpaired) electrons. The Hall–Kier alpha value is -4.87. The maximum Gasteiger partial charge on any atom is 0.217 e. The van der Waals surface area contributed by atoms with E-state index in [2.05, 4.69) is 37.2 Å². The Balaban J connectivity index is 1.10. The zero-order valence-electron chi connectivity index (χ0n) is 54.5. The van der Waals surface area contributed by atoms with Crippen molar-refractivity contribution in [3.05, 3.63) is 0 Å². The van der Waals surface area contributed by atoms with Crippen LogP contribution in [0.2, 0.25) is 0 Å². The van der Waals surface area contributed by atoms with Crippen LogP contribution in [0.5, 0.6) is 0 Å². The highest BCUT2D eigenvalue weighted by molar-refractivity contribution is 5.75. The monoisotopic (exact) mass is 1440 g/mol. The summed E-state index contributed by atoms with van der Waals surface area (Å²) in [5, 5.41) is 194.